The summed E-state index contributed by atoms with van der Waals surface area (Å²) < 4.78 is 5.19. The minimum absolute atomic E-state index is 0.153. The highest BCUT2D eigenvalue weighted by atomic mass is 16.7. The fourth-order valence-electron chi connectivity index (χ4n) is 1.75. The van der Waals surface area contributed by atoms with Crippen LogP contribution in [0.3, 0.4) is 0 Å². The lowest BCUT2D eigenvalue weighted by atomic mass is 10.2. The van der Waals surface area contributed by atoms with E-state index in [-0.39, 0.29) is 24.7 Å². The Balaban J connectivity index is 2.23. The van der Waals surface area contributed by atoms with Crippen molar-refractivity contribution in [2.75, 3.05) is 7.05 Å². The van der Waals surface area contributed by atoms with E-state index in [1.165, 1.54) is 5.06 Å². The molecule has 0 spiro atoms. The lowest BCUT2D eigenvalue weighted by Gasteiger charge is -2.20. The second kappa shape index (κ2) is 8.54. The molecule has 0 fully saturated rings. The van der Waals surface area contributed by atoms with Crippen molar-refractivity contribution in [3.8, 4) is 0 Å². The number of amides is 1. The number of carbonyl (C=O) groups is 2. The first-order valence-corrected chi connectivity index (χ1v) is 7.43. The van der Waals surface area contributed by atoms with Gasteiger partial charge in [-0.3, -0.25) is 14.4 Å². The third-order valence-electron chi connectivity index (χ3n) is 2.81. The van der Waals surface area contributed by atoms with Crippen molar-refractivity contribution >= 4 is 11.9 Å². The van der Waals surface area contributed by atoms with Gasteiger partial charge in [-0.1, -0.05) is 30.3 Å². The van der Waals surface area contributed by atoms with Gasteiger partial charge in [0, 0.05) is 19.9 Å². The van der Waals surface area contributed by atoms with Crippen LogP contribution >= 0.6 is 0 Å². The molecule has 122 valence electrons. The average Bonchev–Trinajstić information content (AvgIpc) is 2.43. The number of carbonyl (C=O) groups excluding carboxylic acids is 2. The number of benzene rings is 1. The number of hydrogen-bond acceptors (Lipinski definition) is 4. The van der Waals surface area contributed by atoms with Crippen LogP contribution in [0.5, 0.6) is 0 Å². The largest absolute Gasteiger partial charge is 0.460 e. The van der Waals surface area contributed by atoms with Crippen molar-refractivity contribution in [1.82, 2.24) is 5.06 Å². The van der Waals surface area contributed by atoms with Gasteiger partial charge in [0.1, 0.15) is 12.2 Å². The molecule has 0 bridgehead atoms. The fourth-order valence-corrected chi connectivity index (χ4v) is 1.75. The maximum atomic E-state index is 11.9. The van der Waals surface area contributed by atoms with Crippen LogP contribution in [0.1, 0.15) is 45.6 Å². The van der Waals surface area contributed by atoms with E-state index >= 15 is 0 Å². The molecule has 0 saturated heterocycles. The molecule has 5 heteroatoms. The quantitative estimate of drug-likeness (QED) is 0.574. The summed E-state index contributed by atoms with van der Waals surface area (Å²) in [6.07, 6.45) is 0.937. The molecule has 0 aliphatic heterocycles. The topological polar surface area (TPSA) is 55.8 Å². The Hall–Kier alpha value is -1.88. The molecule has 1 aromatic rings. The van der Waals surface area contributed by atoms with E-state index in [4.69, 9.17) is 9.57 Å². The first-order valence-electron chi connectivity index (χ1n) is 7.43. The van der Waals surface area contributed by atoms with Crippen LogP contribution in [-0.4, -0.2) is 29.6 Å². The number of ether oxygens (including phenoxy) is 1. The molecule has 1 aromatic carbocycles. The van der Waals surface area contributed by atoms with E-state index in [1.807, 2.05) is 51.1 Å². The van der Waals surface area contributed by atoms with E-state index in [9.17, 15) is 9.59 Å². The zero-order chi connectivity index (χ0) is 16.6. The molecule has 5 nitrogen and oxygen atoms in total. The summed E-state index contributed by atoms with van der Waals surface area (Å²) in [5.74, 6) is -0.437. The Labute approximate surface area is 132 Å². The van der Waals surface area contributed by atoms with Crippen molar-refractivity contribution in [2.45, 2.75) is 52.2 Å². The van der Waals surface area contributed by atoms with Gasteiger partial charge in [-0.25, -0.2) is 5.06 Å². The Morgan fingerprint density at radius 2 is 1.73 bits per heavy atom. The molecule has 1 amide bonds. The van der Waals surface area contributed by atoms with Gasteiger partial charge in [0.2, 0.25) is 5.91 Å². The number of hydroxylamine groups is 2. The maximum absolute atomic E-state index is 11.9. The molecule has 0 aliphatic carbocycles. The van der Waals surface area contributed by atoms with E-state index < -0.39 is 5.60 Å². The highest BCUT2D eigenvalue weighted by Crippen LogP contribution is 2.10. The second-order valence-electron chi connectivity index (χ2n) is 6.09. The minimum Gasteiger partial charge on any atom is -0.460 e. The van der Waals surface area contributed by atoms with Crippen molar-refractivity contribution in [1.29, 1.82) is 0 Å². The predicted molar refractivity (Wildman–Crippen MR) is 83.7 cm³/mol. The summed E-state index contributed by atoms with van der Waals surface area (Å²) in [7, 11) is 1.58. The van der Waals surface area contributed by atoms with Gasteiger partial charge in [0.25, 0.3) is 0 Å². The third kappa shape index (κ3) is 7.78. The number of nitrogens with zero attached hydrogens (tertiary/aromatic N) is 1. The van der Waals surface area contributed by atoms with Gasteiger partial charge in [0.05, 0.1) is 0 Å². The van der Waals surface area contributed by atoms with Gasteiger partial charge in [0.15, 0.2) is 0 Å². The summed E-state index contributed by atoms with van der Waals surface area (Å²) in [6.45, 7) is 5.80. The van der Waals surface area contributed by atoms with E-state index in [0.717, 1.165) is 5.56 Å². The first-order chi connectivity index (χ1) is 10.3. The van der Waals surface area contributed by atoms with Crippen LogP contribution in [0, 0.1) is 0 Å². The average molecular weight is 307 g/mol. The Morgan fingerprint density at radius 3 is 2.32 bits per heavy atom. The lowest BCUT2D eigenvalue weighted by molar-refractivity contribution is -0.182. The van der Waals surface area contributed by atoms with Gasteiger partial charge in [-0.2, -0.15) is 0 Å². The van der Waals surface area contributed by atoms with E-state index in [1.54, 1.807) is 7.05 Å². The number of esters is 1. The molecule has 0 aromatic heterocycles. The van der Waals surface area contributed by atoms with Crippen molar-refractivity contribution in [3.63, 3.8) is 0 Å². The van der Waals surface area contributed by atoms with Gasteiger partial charge in [-0.05, 0) is 32.8 Å². The van der Waals surface area contributed by atoms with Crippen molar-refractivity contribution in [2.24, 2.45) is 0 Å². The summed E-state index contributed by atoms with van der Waals surface area (Å²) in [5, 5.41) is 1.22. The van der Waals surface area contributed by atoms with Crippen LogP contribution in [-0.2, 0) is 25.8 Å². The molecule has 0 radical (unpaired) electrons. The van der Waals surface area contributed by atoms with Gasteiger partial charge >= 0.3 is 5.97 Å². The number of hydrogen-bond donors (Lipinski definition) is 0. The van der Waals surface area contributed by atoms with Gasteiger partial charge < -0.3 is 4.74 Å². The Morgan fingerprint density at radius 1 is 1.09 bits per heavy atom. The summed E-state index contributed by atoms with van der Waals surface area (Å²) in [4.78, 5) is 28.8. The second-order valence-corrected chi connectivity index (χ2v) is 6.09. The smallest absolute Gasteiger partial charge is 0.306 e. The standard InChI is InChI=1S/C17H25NO4/c1-17(2,3)22-16(20)12-8-11-15(19)18(4)21-13-14-9-6-5-7-10-14/h5-7,9-10H,8,11-13H2,1-4H3. The van der Waals surface area contributed by atoms with Crippen LogP contribution in [0.15, 0.2) is 30.3 Å². The SMILES string of the molecule is CN(OCc1ccccc1)C(=O)CCCC(=O)OC(C)(C)C. The molecule has 0 saturated carbocycles. The van der Waals surface area contributed by atoms with Crippen LogP contribution in [0.25, 0.3) is 0 Å². The zero-order valence-corrected chi connectivity index (χ0v) is 13.8. The zero-order valence-electron chi connectivity index (χ0n) is 13.8. The number of rotatable bonds is 7. The highest BCUT2D eigenvalue weighted by molar-refractivity contribution is 5.76. The molecule has 0 aliphatic rings. The molecular weight excluding hydrogens is 282 g/mol. The normalized spacial score (nSPS) is 11.1. The van der Waals surface area contributed by atoms with Crippen LogP contribution < -0.4 is 0 Å². The monoisotopic (exact) mass is 307 g/mol. The molecule has 0 unspecified atom stereocenters. The summed E-state index contributed by atoms with van der Waals surface area (Å²) in [5.41, 5.74) is 0.507. The molecule has 0 N–H and O–H groups in total. The highest BCUT2D eigenvalue weighted by Gasteiger charge is 2.17. The molecule has 1 rings (SSSR count). The molecule has 0 heterocycles. The fraction of sp³-hybridized carbons (Fsp3) is 0.529. The Bertz CT molecular complexity index is 479. The summed E-state index contributed by atoms with van der Waals surface area (Å²) >= 11 is 0. The van der Waals surface area contributed by atoms with Crippen LogP contribution in [0.2, 0.25) is 0 Å². The molecule has 22 heavy (non-hydrogen) atoms. The predicted octanol–water partition coefficient (Wildman–Crippen LogP) is 3.09. The van der Waals surface area contributed by atoms with Crippen molar-refractivity contribution < 1.29 is 19.2 Å². The third-order valence-corrected chi connectivity index (χ3v) is 2.81. The van der Waals surface area contributed by atoms with E-state index in [0.29, 0.717) is 13.0 Å². The Kier molecular flexibility index (Phi) is 7.05. The van der Waals surface area contributed by atoms with E-state index in [2.05, 4.69) is 0 Å². The summed E-state index contributed by atoms with van der Waals surface area (Å²) in [6, 6.07) is 9.62. The molecular formula is C17H25NO4. The van der Waals surface area contributed by atoms with Crippen LogP contribution in [0.4, 0.5) is 0 Å². The molecule has 0 atom stereocenters. The van der Waals surface area contributed by atoms with Crippen molar-refractivity contribution in [3.05, 3.63) is 35.9 Å². The maximum Gasteiger partial charge on any atom is 0.306 e. The van der Waals surface area contributed by atoms with Gasteiger partial charge in [-0.15, -0.1) is 0 Å². The first kappa shape index (κ1) is 18.2. The lowest BCUT2D eigenvalue weighted by Crippen LogP contribution is -2.27. The minimum atomic E-state index is -0.489.